The van der Waals surface area contributed by atoms with Gasteiger partial charge in [0.1, 0.15) is 5.82 Å². The largest absolute Gasteiger partial charge is 0.390 e. The van der Waals surface area contributed by atoms with Crippen molar-refractivity contribution in [1.29, 1.82) is 0 Å². The van der Waals surface area contributed by atoms with Crippen molar-refractivity contribution < 1.29 is 5.11 Å². The van der Waals surface area contributed by atoms with Gasteiger partial charge in [0.15, 0.2) is 5.96 Å². The highest BCUT2D eigenvalue weighted by atomic mass is 16.3. The Hall–Kier alpha value is -1.62. The third-order valence-electron chi connectivity index (χ3n) is 4.69. The number of aliphatic hydroxyl groups is 1. The van der Waals surface area contributed by atoms with Gasteiger partial charge in [-0.25, -0.2) is 4.98 Å². The lowest BCUT2D eigenvalue weighted by atomic mass is 9.82. The van der Waals surface area contributed by atoms with Crippen LogP contribution in [0.5, 0.6) is 0 Å². The van der Waals surface area contributed by atoms with Crippen LogP contribution >= 0.6 is 0 Å². The second-order valence-corrected chi connectivity index (χ2v) is 6.04. The first kappa shape index (κ1) is 13.4. The van der Waals surface area contributed by atoms with E-state index >= 15 is 0 Å². The van der Waals surface area contributed by atoms with Crippen LogP contribution in [0.2, 0.25) is 0 Å². The van der Waals surface area contributed by atoms with E-state index in [1.54, 1.807) is 6.20 Å². The van der Waals surface area contributed by atoms with Gasteiger partial charge in [0, 0.05) is 12.7 Å². The first-order chi connectivity index (χ1) is 9.66. The molecule has 3 rings (SSSR count). The van der Waals surface area contributed by atoms with E-state index in [-0.39, 0.29) is 0 Å². The van der Waals surface area contributed by atoms with E-state index in [1.165, 1.54) is 19.3 Å². The maximum absolute atomic E-state index is 10.6. The molecule has 3 atom stereocenters. The molecular weight excluding hydrogens is 252 g/mol. The fraction of sp³-hybridized carbons (Fsp3) is 0.600. The quantitative estimate of drug-likeness (QED) is 0.577. The van der Waals surface area contributed by atoms with Crippen LogP contribution < -0.4 is 11.1 Å². The lowest BCUT2D eigenvalue weighted by Crippen LogP contribution is -2.36. The number of fused-ring (bicyclic) bond motifs is 2. The van der Waals surface area contributed by atoms with Gasteiger partial charge in [-0.2, -0.15) is 0 Å². The molecule has 2 saturated carbocycles. The Morgan fingerprint density at radius 3 is 3.05 bits per heavy atom. The average Bonchev–Trinajstić information content (AvgIpc) is 3.00. The summed E-state index contributed by atoms with van der Waals surface area (Å²) in [5, 5.41) is 13.6. The van der Waals surface area contributed by atoms with E-state index < -0.39 is 5.60 Å². The monoisotopic (exact) mass is 274 g/mol. The summed E-state index contributed by atoms with van der Waals surface area (Å²) in [5.74, 6) is 2.26. The lowest BCUT2D eigenvalue weighted by Gasteiger charge is -2.31. The van der Waals surface area contributed by atoms with Crippen molar-refractivity contribution in [2.24, 2.45) is 22.6 Å². The summed E-state index contributed by atoms with van der Waals surface area (Å²) in [6, 6.07) is 5.58. The van der Waals surface area contributed by atoms with Crippen LogP contribution in [-0.4, -0.2) is 28.2 Å². The maximum Gasteiger partial charge on any atom is 0.194 e. The molecule has 0 amide bonds. The third-order valence-corrected chi connectivity index (χ3v) is 4.69. The van der Waals surface area contributed by atoms with E-state index in [0.717, 1.165) is 12.3 Å². The molecule has 2 aliphatic carbocycles. The summed E-state index contributed by atoms with van der Waals surface area (Å²) in [6.07, 6.45) is 7.02. The molecular formula is C15H22N4O. The van der Waals surface area contributed by atoms with Gasteiger partial charge >= 0.3 is 0 Å². The highest BCUT2D eigenvalue weighted by molar-refractivity contribution is 5.91. The predicted molar refractivity (Wildman–Crippen MR) is 79.4 cm³/mol. The molecule has 3 unspecified atom stereocenters. The second-order valence-electron chi connectivity index (χ2n) is 6.04. The Bertz CT molecular complexity index is 490. The fourth-order valence-corrected chi connectivity index (χ4v) is 3.70. The molecule has 1 heterocycles. The highest BCUT2D eigenvalue weighted by Gasteiger charge is 2.49. The van der Waals surface area contributed by atoms with Crippen molar-refractivity contribution >= 4 is 11.8 Å². The van der Waals surface area contributed by atoms with Gasteiger partial charge in [0.25, 0.3) is 0 Å². The summed E-state index contributed by atoms with van der Waals surface area (Å²) in [5.41, 5.74) is 5.32. The molecule has 0 radical (unpaired) electrons. The van der Waals surface area contributed by atoms with Crippen molar-refractivity contribution in [3.8, 4) is 0 Å². The first-order valence-electron chi connectivity index (χ1n) is 7.36. The Labute approximate surface area is 119 Å². The van der Waals surface area contributed by atoms with E-state index in [0.29, 0.717) is 30.7 Å². The Morgan fingerprint density at radius 1 is 1.50 bits per heavy atom. The Balaban J connectivity index is 1.50. The molecule has 108 valence electrons. The molecule has 0 aliphatic heterocycles. The van der Waals surface area contributed by atoms with Crippen LogP contribution in [0.15, 0.2) is 29.4 Å². The third kappa shape index (κ3) is 2.77. The van der Waals surface area contributed by atoms with Gasteiger partial charge < -0.3 is 16.2 Å². The van der Waals surface area contributed by atoms with Crippen molar-refractivity contribution in [3.05, 3.63) is 24.4 Å². The highest BCUT2D eigenvalue weighted by Crippen LogP contribution is 2.52. The molecule has 2 aliphatic rings. The minimum absolute atomic E-state index is 0.357. The molecule has 5 nitrogen and oxygen atoms in total. The summed E-state index contributed by atoms with van der Waals surface area (Å²) >= 11 is 0. The van der Waals surface area contributed by atoms with E-state index in [4.69, 9.17) is 5.73 Å². The Morgan fingerprint density at radius 2 is 2.40 bits per heavy atom. The van der Waals surface area contributed by atoms with Crippen molar-refractivity contribution in [3.63, 3.8) is 0 Å². The average molecular weight is 274 g/mol. The number of aromatic nitrogens is 1. The maximum atomic E-state index is 10.6. The van der Waals surface area contributed by atoms with Crippen LogP contribution in [-0.2, 0) is 0 Å². The summed E-state index contributed by atoms with van der Waals surface area (Å²) in [4.78, 5) is 8.42. The second kappa shape index (κ2) is 5.40. The first-order valence-corrected chi connectivity index (χ1v) is 7.36. The number of anilines is 1. The SMILES string of the molecule is NC(=NCCC1(O)CC2CCC1C2)Nc1ccccn1. The van der Waals surface area contributed by atoms with Gasteiger partial charge in [-0.1, -0.05) is 6.07 Å². The minimum Gasteiger partial charge on any atom is -0.390 e. The van der Waals surface area contributed by atoms with Gasteiger partial charge in [-0.15, -0.1) is 0 Å². The summed E-state index contributed by atoms with van der Waals surface area (Å²) in [7, 11) is 0. The van der Waals surface area contributed by atoms with E-state index in [2.05, 4.69) is 15.3 Å². The number of nitrogens with one attached hydrogen (secondary N) is 1. The zero-order valence-corrected chi connectivity index (χ0v) is 11.6. The molecule has 2 fully saturated rings. The Kier molecular flexibility index (Phi) is 3.61. The van der Waals surface area contributed by atoms with Gasteiger partial charge in [0.2, 0.25) is 0 Å². The van der Waals surface area contributed by atoms with Crippen LogP contribution in [0.4, 0.5) is 5.82 Å². The number of hydrogen-bond acceptors (Lipinski definition) is 3. The van der Waals surface area contributed by atoms with Crippen molar-refractivity contribution in [2.45, 2.75) is 37.7 Å². The van der Waals surface area contributed by atoms with Gasteiger partial charge in [0.05, 0.1) is 5.60 Å². The molecule has 0 aromatic carbocycles. The van der Waals surface area contributed by atoms with Crippen molar-refractivity contribution in [1.82, 2.24) is 4.98 Å². The van der Waals surface area contributed by atoms with Gasteiger partial charge in [-0.05, 0) is 56.1 Å². The molecule has 0 spiro atoms. The summed E-state index contributed by atoms with van der Waals surface area (Å²) in [6.45, 7) is 0.561. The molecule has 20 heavy (non-hydrogen) atoms. The molecule has 1 aromatic rings. The number of nitrogens with zero attached hydrogens (tertiary/aromatic N) is 2. The number of nitrogens with two attached hydrogens (primary N) is 1. The van der Waals surface area contributed by atoms with Crippen LogP contribution in [0, 0.1) is 11.8 Å². The normalized spacial score (nSPS) is 32.5. The smallest absolute Gasteiger partial charge is 0.194 e. The number of guanidine groups is 1. The molecule has 2 bridgehead atoms. The van der Waals surface area contributed by atoms with Crippen molar-refractivity contribution in [2.75, 3.05) is 11.9 Å². The molecule has 4 N–H and O–H groups in total. The lowest BCUT2D eigenvalue weighted by molar-refractivity contribution is -0.0181. The number of aliphatic imine (C=N–C) groups is 1. The van der Waals surface area contributed by atoms with Crippen LogP contribution in [0.1, 0.15) is 32.1 Å². The van der Waals surface area contributed by atoms with Crippen LogP contribution in [0.3, 0.4) is 0 Å². The molecule has 5 heteroatoms. The van der Waals surface area contributed by atoms with E-state index in [1.807, 2.05) is 18.2 Å². The predicted octanol–water partition coefficient (Wildman–Crippen LogP) is 1.75. The number of pyridine rings is 1. The topological polar surface area (TPSA) is 83.5 Å². The fourth-order valence-electron chi connectivity index (χ4n) is 3.70. The standard InChI is InChI=1S/C15H22N4O/c16-14(19-13-3-1-2-7-17-13)18-8-6-15(20)10-11-4-5-12(15)9-11/h1-3,7,11-12,20H,4-6,8-10H2,(H3,16,17,18,19). The molecule has 0 saturated heterocycles. The summed E-state index contributed by atoms with van der Waals surface area (Å²) < 4.78 is 0. The number of rotatable bonds is 4. The zero-order chi connectivity index (χ0) is 14.0. The van der Waals surface area contributed by atoms with E-state index in [9.17, 15) is 5.11 Å². The molecule has 1 aromatic heterocycles. The van der Waals surface area contributed by atoms with Gasteiger partial charge in [-0.3, -0.25) is 4.99 Å². The number of hydrogen-bond donors (Lipinski definition) is 3. The zero-order valence-electron chi connectivity index (χ0n) is 11.6. The van der Waals surface area contributed by atoms with Crippen LogP contribution in [0.25, 0.3) is 0 Å². The minimum atomic E-state index is -0.502.